The van der Waals surface area contributed by atoms with Gasteiger partial charge in [0.05, 0.1) is 23.9 Å². The van der Waals surface area contributed by atoms with Crippen LogP contribution in [0.4, 0.5) is 10.1 Å². The van der Waals surface area contributed by atoms with Crippen LogP contribution in [0.3, 0.4) is 0 Å². The summed E-state index contributed by atoms with van der Waals surface area (Å²) in [6.07, 6.45) is 1.86. The molecule has 2 aliphatic rings. The van der Waals surface area contributed by atoms with E-state index < -0.39 is 17.9 Å². The maximum absolute atomic E-state index is 13.1. The first kappa shape index (κ1) is 22.6. The number of carbonyl (C=O) groups is 2. The summed E-state index contributed by atoms with van der Waals surface area (Å²) in [5.74, 6) is -0.769. The highest BCUT2D eigenvalue weighted by Crippen LogP contribution is 2.43. The van der Waals surface area contributed by atoms with Gasteiger partial charge in [-0.1, -0.05) is 30.0 Å². The summed E-state index contributed by atoms with van der Waals surface area (Å²) in [4.78, 5) is 31.7. The van der Waals surface area contributed by atoms with E-state index in [4.69, 9.17) is 9.47 Å². The van der Waals surface area contributed by atoms with Crippen LogP contribution in [0.5, 0.6) is 5.75 Å². The first-order valence-electron chi connectivity index (χ1n) is 10.3. The molecule has 0 radical (unpaired) electrons. The van der Waals surface area contributed by atoms with E-state index in [1.807, 2.05) is 28.6 Å². The first-order valence-corrected chi connectivity index (χ1v) is 11.2. The summed E-state index contributed by atoms with van der Waals surface area (Å²) in [6.45, 7) is 3.51. The first-order chi connectivity index (χ1) is 16.0. The quantitative estimate of drug-likeness (QED) is 0.599. The molecule has 0 spiro atoms. The van der Waals surface area contributed by atoms with E-state index in [1.54, 1.807) is 26.0 Å². The normalized spacial score (nSPS) is 16.9. The van der Waals surface area contributed by atoms with Crippen molar-refractivity contribution in [2.75, 3.05) is 18.5 Å². The van der Waals surface area contributed by atoms with Gasteiger partial charge in [-0.2, -0.15) is 0 Å². The Labute approximate surface area is 195 Å². The molecule has 2 heterocycles. The fourth-order valence-corrected chi connectivity index (χ4v) is 4.38. The van der Waals surface area contributed by atoms with Gasteiger partial charge >= 0.3 is 5.97 Å². The van der Waals surface area contributed by atoms with Crippen LogP contribution in [-0.2, 0) is 14.3 Å². The number of ether oxygens (including phenoxy) is 2. The highest BCUT2D eigenvalue weighted by Gasteiger charge is 2.38. The maximum Gasteiger partial charge on any atom is 0.338 e. The van der Waals surface area contributed by atoms with Crippen LogP contribution in [0.25, 0.3) is 0 Å². The topological polar surface area (TPSA) is 80.2 Å². The summed E-state index contributed by atoms with van der Waals surface area (Å²) in [5, 5.41) is 5.31. The van der Waals surface area contributed by atoms with Gasteiger partial charge in [0.25, 0.3) is 5.91 Å². The third-order valence-electron chi connectivity index (χ3n) is 5.02. The van der Waals surface area contributed by atoms with Gasteiger partial charge in [-0.05, 0) is 49.6 Å². The molecule has 0 saturated heterocycles. The number of nitrogens with zero attached hydrogens (tertiary/aromatic N) is 2. The summed E-state index contributed by atoms with van der Waals surface area (Å²) >= 11 is 1.46. The van der Waals surface area contributed by atoms with Gasteiger partial charge in [0, 0.05) is 17.5 Å². The van der Waals surface area contributed by atoms with Crippen LogP contribution >= 0.6 is 11.8 Å². The zero-order chi connectivity index (χ0) is 23.4. The van der Waals surface area contributed by atoms with Crippen molar-refractivity contribution in [3.63, 3.8) is 0 Å². The summed E-state index contributed by atoms with van der Waals surface area (Å²) in [7, 11) is 0. The summed E-state index contributed by atoms with van der Waals surface area (Å²) in [6, 6.07) is 12.2. The zero-order valence-corrected chi connectivity index (χ0v) is 18.9. The number of esters is 1. The van der Waals surface area contributed by atoms with Crippen molar-refractivity contribution >= 4 is 34.5 Å². The van der Waals surface area contributed by atoms with Crippen LogP contribution in [0.2, 0.25) is 0 Å². The van der Waals surface area contributed by atoms with Crippen molar-refractivity contribution in [1.29, 1.82) is 0 Å². The molecule has 9 heteroatoms. The van der Waals surface area contributed by atoms with Crippen LogP contribution in [-0.4, -0.2) is 35.2 Å². The number of hydrogen-bond donors (Lipinski definition) is 1. The molecule has 170 valence electrons. The molecule has 0 aliphatic carbocycles. The Kier molecular flexibility index (Phi) is 6.79. The van der Waals surface area contributed by atoms with Crippen LogP contribution in [0.1, 0.15) is 25.5 Å². The fourth-order valence-electron chi connectivity index (χ4n) is 3.59. The molecule has 0 saturated carbocycles. The molecule has 1 amide bonds. The number of halogens is 1. The highest BCUT2D eigenvalue weighted by atomic mass is 32.2. The SMILES string of the molecule is CCOC(=O)C1=C(C)N=C2SC=CN2[C@@H]1c1ccccc1OCC(=O)Nc1ccc(F)cc1. The predicted octanol–water partition coefficient (Wildman–Crippen LogP) is 4.61. The Bertz CT molecular complexity index is 1160. The van der Waals surface area contributed by atoms with Crippen molar-refractivity contribution in [2.24, 2.45) is 4.99 Å². The number of amides is 1. The van der Waals surface area contributed by atoms with Gasteiger partial charge in [0.1, 0.15) is 11.6 Å². The number of anilines is 1. The van der Waals surface area contributed by atoms with Crippen molar-refractivity contribution in [2.45, 2.75) is 19.9 Å². The lowest BCUT2D eigenvalue weighted by atomic mass is 9.94. The second kappa shape index (κ2) is 9.91. The van der Waals surface area contributed by atoms with E-state index >= 15 is 0 Å². The van der Waals surface area contributed by atoms with E-state index in [2.05, 4.69) is 10.3 Å². The number of hydrogen-bond acceptors (Lipinski definition) is 7. The molecule has 33 heavy (non-hydrogen) atoms. The zero-order valence-electron chi connectivity index (χ0n) is 18.1. The Morgan fingerprint density at radius 1 is 1.18 bits per heavy atom. The molecule has 0 bridgehead atoms. The smallest absolute Gasteiger partial charge is 0.338 e. The molecule has 0 unspecified atom stereocenters. The number of amidine groups is 1. The molecule has 0 aromatic heterocycles. The van der Waals surface area contributed by atoms with Gasteiger partial charge in [-0.25, -0.2) is 14.2 Å². The Morgan fingerprint density at radius 2 is 1.94 bits per heavy atom. The van der Waals surface area contributed by atoms with E-state index in [0.717, 1.165) is 5.17 Å². The molecule has 2 aromatic carbocycles. The van der Waals surface area contributed by atoms with Gasteiger partial charge < -0.3 is 19.7 Å². The minimum absolute atomic E-state index is 0.241. The number of rotatable bonds is 7. The number of carbonyl (C=O) groups excluding carboxylic acids is 2. The maximum atomic E-state index is 13.1. The van der Waals surface area contributed by atoms with E-state index in [-0.39, 0.29) is 19.0 Å². The van der Waals surface area contributed by atoms with Crippen molar-refractivity contribution in [3.05, 3.63) is 82.8 Å². The average Bonchev–Trinajstić information content (AvgIpc) is 3.27. The fraction of sp³-hybridized carbons (Fsp3) is 0.208. The van der Waals surface area contributed by atoms with Gasteiger partial charge in [-0.3, -0.25) is 4.79 Å². The van der Waals surface area contributed by atoms with Crippen LogP contribution < -0.4 is 10.1 Å². The van der Waals surface area contributed by atoms with Crippen LogP contribution in [0, 0.1) is 5.82 Å². The Hall–Kier alpha value is -3.59. The van der Waals surface area contributed by atoms with Crippen molar-refractivity contribution in [1.82, 2.24) is 4.90 Å². The number of thioether (sulfide) groups is 1. The van der Waals surface area contributed by atoms with Gasteiger partial charge in [0.15, 0.2) is 11.8 Å². The number of fused-ring (bicyclic) bond motifs is 1. The van der Waals surface area contributed by atoms with Crippen molar-refractivity contribution < 1.29 is 23.5 Å². The molecule has 7 nitrogen and oxygen atoms in total. The second-order valence-electron chi connectivity index (χ2n) is 7.21. The third kappa shape index (κ3) is 4.93. The number of aliphatic imine (C=N–C) groups is 1. The number of allylic oxidation sites excluding steroid dienone is 1. The minimum Gasteiger partial charge on any atom is -0.483 e. The van der Waals surface area contributed by atoms with Crippen molar-refractivity contribution in [3.8, 4) is 5.75 Å². The summed E-state index contributed by atoms with van der Waals surface area (Å²) < 4.78 is 24.3. The van der Waals surface area contributed by atoms with E-state index in [0.29, 0.717) is 28.3 Å². The lowest BCUT2D eigenvalue weighted by molar-refractivity contribution is -0.139. The lowest BCUT2D eigenvalue weighted by Gasteiger charge is -2.34. The standard InChI is InChI=1S/C24H22FN3O4S/c1-3-31-23(30)21-15(2)26-24-28(12-13-33-24)22(21)18-6-4-5-7-19(18)32-14-20(29)27-17-10-8-16(25)9-11-17/h4-13,22H,3,14H2,1-2H3,(H,27,29)/t22-/m1/s1. The molecule has 0 fully saturated rings. The molecule has 2 aromatic rings. The second-order valence-corrected chi connectivity index (χ2v) is 8.08. The lowest BCUT2D eigenvalue weighted by Crippen LogP contribution is -2.34. The molecule has 4 rings (SSSR count). The Balaban J connectivity index is 1.59. The molecular formula is C24H22FN3O4S. The Morgan fingerprint density at radius 3 is 2.70 bits per heavy atom. The molecular weight excluding hydrogens is 445 g/mol. The number of para-hydroxylation sites is 1. The highest BCUT2D eigenvalue weighted by molar-refractivity contribution is 8.16. The van der Waals surface area contributed by atoms with Gasteiger partial charge in [0.2, 0.25) is 0 Å². The van der Waals surface area contributed by atoms with E-state index in [9.17, 15) is 14.0 Å². The average molecular weight is 468 g/mol. The molecule has 1 atom stereocenters. The third-order valence-corrected chi connectivity index (χ3v) is 5.79. The molecule has 2 aliphatic heterocycles. The molecule has 1 N–H and O–H groups in total. The monoisotopic (exact) mass is 467 g/mol. The minimum atomic E-state index is -0.515. The number of nitrogens with one attached hydrogen (secondary N) is 1. The van der Waals surface area contributed by atoms with Gasteiger partial charge in [-0.15, -0.1) is 0 Å². The predicted molar refractivity (Wildman–Crippen MR) is 125 cm³/mol. The van der Waals surface area contributed by atoms with E-state index in [1.165, 1.54) is 36.0 Å². The van der Waals surface area contributed by atoms with Crippen LogP contribution in [0.15, 0.2) is 76.4 Å². The largest absolute Gasteiger partial charge is 0.483 e. The summed E-state index contributed by atoms with van der Waals surface area (Å²) in [5.41, 5.74) is 2.16. The number of benzene rings is 2.